The largest absolute Gasteiger partial charge is 0.469 e. The Balaban J connectivity index is 0.775. The molecular formula is C90H100O23. The van der Waals surface area contributed by atoms with Crippen molar-refractivity contribution in [2.45, 2.75) is 219 Å². The number of unbranched alkanes of at least 4 members (excludes halogenated alkanes) is 5. The molecular weight excluding hydrogens is 1450 g/mol. The van der Waals surface area contributed by atoms with E-state index in [9.17, 15) is 4.79 Å². The van der Waals surface area contributed by atoms with Gasteiger partial charge in [-0.1, -0.05) is 268 Å². The molecule has 8 fully saturated rings. The first kappa shape index (κ1) is 77.9. The number of fused-ring (bicyclic) bond motifs is 4. The van der Waals surface area contributed by atoms with Crippen molar-refractivity contribution in [1.29, 1.82) is 1.43 Å². The van der Waals surface area contributed by atoms with E-state index in [1.165, 1.54) is 7.11 Å². The van der Waals surface area contributed by atoms with Crippen LogP contribution in [0.2, 0.25) is 0 Å². The Morgan fingerprint density at radius 3 is 1.26 bits per heavy atom. The third-order valence-corrected chi connectivity index (χ3v) is 21.8. The molecule has 8 aromatic carbocycles. The minimum Gasteiger partial charge on any atom is -0.469 e. The highest BCUT2D eigenvalue weighted by Crippen LogP contribution is 2.50. The quantitative estimate of drug-likeness (QED) is 0.0297. The molecule has 0 aromatic heterocycles. The molecule has 1 N–H and O–H groups in total. The third kappa shape index (κ3) is 19.6. The lowest BCUT2D eigenvalue weighted by atomic mass is 9.93. The second kappa shape index (κ2) is 38.9. The molecule has 0 spiro atoms. The summed E-state index contributed by atoms with van der Waals surface area (Å²) in [7, 11) is 1.42. The van der Waals surface area contributed by atoms with Crippen molar-refractivity contribution in [1.82, 2.24) is 0 Å². The Bertz CT molecular complexity index is 4160. The fraction of sp³-hybridized carbons (Fsp3) is 0.456. The van der Waals surface area contributed by atoms with Crippen molar-refractivity contribution < 1.29 is 109 Å². The number of hydrogen-bond donors (Lipinski definition) is 1. The number of ether oxygens (including phenoxy) is 21. The number of carbonyl (C=O) groups is 1. The molecule has 8 aliphatic rings. The highest BCUT2D eigenvalue weighted by molar-refractivity contribution is 5.69. The summed E-state index contributed by atoms with van der Waals surface area (Å²) in [5, 5.41) is 5.88. The first-order valence-corrected chi connectivity index (χ1v) is 39.6. The summed E-state index contributed by atoms with van der Waals surface area (Å²) in [6.07, 6.45) is -17.2. The summed E-state index contributed by atoms with van der Waals surface area (Å²) in [5.41, 5.74) is 6.54. The van der Waals surface area contributed by atoms with Gasteiger partial charge in [-0.05, 0) is 35.1 Å². The van der Waals surface area contributed by atoms with Gasteiger partial charge >= 0.3 is 5.97 Å². The summed E-state index contributed by atoms with van der Waals surface area (Å²) in [4.78, 5) is 11.9. The number of hydrogen-bond acceptors (Lipinski definition) is 23. The summed E-state index contributed by atoms with van der Waals surface area (Å²) in [6, 6.07) is 77.9. The van der Waals surface area contributed by atoms with Gasteiger partial charge in [0.25, 0.3) is 0 Å². The fourth-order valence-corrected chi connectivity index (χ4v) is 15.9. The maximum Gasteiger partial charge on any atom is 0.305 e. The summed E-state index contributed by atoms with van der Waals surface area (Å²) >= 11 is 0. The van der Waals surface area contributed by atoms with Crippen LogP contribution in [0.3, 0.4) is 0 Å². The minimum atomic E-state index is -2.01. The van der Waals surface area contributed by atoms with Gasteiger partial charge < -0.3 is 105 Å². The van der Waals surface area contributed by atoms with Crippen LogP contribution in [-0.4, -0.2) is 169 Å². The lowest BCUT2D eigenvalue weighted by Crippen LogP contribution is -2.72. The van der Waals surface area contributed by atoms with E-state index in [1.54, 1.807) is 0 Å². The van der Waals surface area contributed by atoms with E-state index in [-0.39, 0.29) is 65.2 Å². The second-order valence-electron chi connectivity index (χ2n) is 29.5. The van der Waals surface area contributed by atoms with Gasteiger partial charge in [0.15, 0.2) is 50.3 Å². The molecule has 23 heteroatoms. The van der Waals surface area contributed by atoms with Crippen molar-refractivity contribution in [3.8, 4) is 0 Å². The number of aliphatic hydroxyl groups excluding tert-OH is 1. The van der Waals surface area contributed by atoms with Crippen LogP contribution in [0, 0.1) is 0 Å². The standard InChI is InChI=1S/C90H100O23/c1-93-72(91)48-30-4-2-3-5-31-49-94-88-81(79(97-53-61-36-18-8-19-37-61)76-68(104-88)56-100-84(109-76)64-42-24-11-25-43-64)107-73-50-70(95-51-59-32-14-6-15-33-59)90(71(106-73)58-102-86(112-90)66-46-28-13-29-47-66)113-89-82(80(98-54-62-38-20-9-21-39-62)77-69(105-89)57-101-85(110-77)65-44-26-12-27-45-65)111-87-74(92)78(96-52-60-34-16-7-17-35-60)75-67(103-87)55-99-83(108-75)63-40-22-10-23-41-63/h6-29,32-47,67-71,73-89,92H,2-5,30-31,48-58H2,1H3/t67?,68?,69?,70-,71?,73+,74?,75-,76-,77-,78-,79+,80+,81?,82?,83?,84?,85?,86?,87+,88?,89+,90-/m1/s1/i92T. The number of aliphatic hydroxyl groups is 1. The maximum atomic E-state index is 11.9. The first-order valence-electron chi connectivity index (χ1n) is 40.0. The summed E-state index contributed by atoms with van der Waals surface area (Å²) in [5.74, 6) is -2.22. The monoisotopic (exact) mass is 1550 g/mol. The van der Waals surface area contributed by atoms with Gasteiger partial charge in [0.1, 0.15) is 85.5 Å². The maximum absolute atomic E-state index is 11.9. The average molecular weight is 1550 g/mol. The Morgan fingerprint density at radius 1 is 0.398 bits per heavy atom. The first-order chi connectivity index (χ1) is 56.3. The van der Waals surface area contributed by atoms with Crippen molar-refractivity contribution in [3.05, 3.63) is 287 Å². The predicted molar refractivity (Wildman–Crippen MR) is 405 cm³/mol. The third-order valence-electron chi connectivity index (χ3n) is 21.8. The van der Waals surface area contributed by atoms with Crippen LogP contribution in [0.25, 0.3) is 0 Å². The minimum absolute atomic E-state index is 0.00662. The molecule has 598 valence electrons. The molecule has 0 saturated carbocycles. The summed E-state index contributed by atoms with van der Waals surface area (Å²) in [6.45, 7) is 0.791. The van der Waals surface area contributed by atoms with Gasteiger partial charge in [0.2, 0.25) is 7.22 Å². The lowest BCUT2D eigenvalue weighted by Gasteiger charge is -2.57. The molecule has 113 heavy (non-hydrogen) atoms. The molecule has 0 bridgehead atoms. The summed E-state index contributed by atoms with van der Waals surface area (Å²) < 4.78 is 157. The molecule has 8 saturated heterocycles. The Morgan fingerprint density at radius 2 is 0.788 bits per heavy atom. The normalized spacial score (nSPS) is 33.0. The number of methoxy groups -OCH3 is 1. The van der Waals surface area contributed by atoms with Crippen LogP contribution in [0.15, 0.2) is 243 Å². The molecule has 8 aliphatic heterocycles. The van der Waals surface area contributed by atoms with Crippen LogP contribution in [0.4, 0.5) is 0 Å². The van der Waals surface area contributed by atoms with Crippen molar-refractivity contribution >= 4 is 5.97 Å². The molecule has 0 radical (unpaired) electrons. The van der Waals surface area contributed by atoms with Crippen LogP contribution in [-0.2, 0) is 131 Å². The van der Waals surface area contributed by atoms with Gasteiger partial charge in [-0.2, -0.15) is 0 Å². The molecule has 23 nitrogen and oxygen atoms in total. The molecule has 0 aliphatic carbocycles. The topological polar surface area (TPSA) is 231 Å². The predicted octanol–water partition coefficient (Wildman–Crippen LogP) is 13.5. The van der Waals surface area contributed by atoms with Crippen molar-refractivity contribution in [2.75, 3.05) is 40.1 Å². The highest BCUT2D eigenvalue weighted by Gasteiger charge is 2.65. The van der Waals surface area contributed by atoms with Crippen LogP contribution < -0.4 is 0 Å². The Labute approximate surface area is 660 Å². The van der Waals surface area contributed by atoms with Crippen LogP contribution in [0.1, 0.15) is 121 Å². The molecule has 12 unspecified atom stereocenters. The van der Waals surface area contributed by atoms with Crippen molar-refractivity contribution in [2.24, 2.45) is 0 Å². The zero-order valence-corrected chi connectivity index (χ0v) is 63.2. The number of carbonyl (C=O) groups excluding carboxylic acids is 1. The van der Waals surface area contributed by atoms with E-state index in [0.717, 1.165) is 71.0 Å². The number of esters is 1. The second-order valence-corrected chi connectivity index (χ2v) is 29.5. The molecule has 8 heterocycles. The van der Waals surface area contributed by atoms with Gasteiger partial charge in [-0.15, -0.1) is 0 Å². The molecule has 8 aromatic rings. The lowest BCUT2D eigenvalue weighted by molar-refractivity contribution is -0.496. The van der Waals surface area contributed by atoms with Gasteiger partial charge in [0.05, 0.1) is 60.0 Å². The molecule has 0 amide bonds. The van der Waals surface area contributed by atoms with E-state index >= 15 is 0 Å². The zero-order valence-electron chi connectivity index (χ0n) is 64.2. The van der Waals surface area contributed by atoms with E-state index in [4.69, 9.17) is 106 Å². The Hall–Kier alpha value is -7.61. The van der Waals surface area contributed by atoms with E-state index in [2.05, 4.69) is 0 Å². The number of rotatable bonds is 33. The average Bonchev–Trinajstić information content (AvgIpc) is 0.729. The molecule has 23 atom stereocenters. The SMILES string of the molecule is [3H]OC1[C@H](OC2[C@H](O[C@@]34OC(c5ccccc5)OCC3O[C@@H](OC3C(OCCCCCCCCC(=O)OC)OC5COC(c6ccccc6)O[C@H]5[C@@H]3OCc3ccccc3)C[C@H]4OCc3ccccc3)OC3COC(c4ccccc4)O[C@H]3[C@@H]2OCc2ccccc2)OC2COC(c3ccccc3)O[C@H]2[C@@H]1OCc1ccccc1. The van der Waals surface area contributed by atoms with Crippen LogP contribution >= 0.6 is 0 Å². The fourth-order valence-electron chi connectivity index (χ4n) is 15.9. The van der Waals surface area contributed by atoms with Gasteiger partial charge in [-0.25, -0.2) is 0 Å². The van der Waals surface area contributed by atoms with E-state index < -0.39 is 142 Å². The van der Waals surface area contributed by atoms with Gasteiger partial charge in [-0.3, -0.25) is 4.79 Å². The van der Waals surface area contributed by atoms with Crippen LogP contribution in [0.5, 0.6) is 0 Å². The van der Waals surface area contributed by atoms with E-state index in [1.807, 2.05) is 243 Å². The van der Waals surface area contributed by atoms with Crippen molar-refractivity contribution in [3.63, 3.8) is 0 Å². The molecule has 16 rings (SSSR count). The Kier molecular flexibility index (Phi) is 26.8. The highest BCUT2D eigenvalue weighted by atomic mass is 16.9. The smallest absolute Gasteiger partial charge is 0.305 e. The van der Waals surface area contributed by atoms with E-state index in [0.29, 0.717) is 25.0 Å². The number of benzene rings is 8. The van der Waals surface area contributed by atoms with Gasteiger partial charge in [0, 0.05) is 41.7 Å². The zero-order chi connectivity index (χ0) is 77.3.